The molecule has 5 nitrogen and oxygen atoms in total. The maximum absolute atomic E-state index is 5.80. The van der Waals surface area contributed by atoms with Gasteiger partial charge in [-0.15, -0.1) is 0 Å². The summed E-state index contributed by atoms with van der Waals surface area (Å²) >= 11 is 3.44. The van der Waals surface area contributed by atoms with Crippen molar-refractivity contribution in [3.8, 4) is 11.5 Å². The van der Waals surface area contributed by atoms with Crippen LogP contribution in [-0.4, -0.2) is 23.4 Å². The number of hydrogen-bond donors (Lipinski definition) is 2. The van der Waals surface area contributed by atoms with Crippen molar-refractivity contribution >= 4 is 15.9 Å². The van der Waals surface area contributed by atoms with Crippen molar-refractivity contribution in [1.82, 2.24) is 15.5 Å². The number of nitrogens with one attached hydrogen (secondary N) is 2. The zero-order valence-corrected chi connectivity index (χ0v) is 12.6. The smallest absolute Gasteiger partial charge is 0.165 e. The van der Waals surface area contributed by atoms with Gasteiger partial charge in [0.1, 0.15) is 0 Å². The van der Waals surface area contributed by atoms with E-state index in [4.69, 9.17) is 9.47 Å². The number of halogens is 1. The van der Waals surface area contributed by atoms with Crippen LogP contribution in [0.4, 0.5) is 0 Å². The van der Waals surface area contributed by atoms with Gasteiger partial charge in [-0.25, -0.2) is 0 Å². The predicted octanol–water partition coefficient (Wildman–Crippen LogP) is 2.62. The molecule has 0 fully saturated rings. The molecule has 106 valence electrons. The summed E-state index contributed by atoms with van der Waals surface area (Å²) in [6.07, 6.45) is 2.67. The van der Waals surface area contributed by atoms with Gasteiger partial charge in [0.25, 0.3) is 0 Å². The van der Waals surface area contributed by atoms with Gasteiger partial charge in [0.2, 0.25) is 0 Å². The lowest BCUT2D eigenvalue weighted by molar-refractivity contribution is 0.296. The summed E-state index contributed by atoms with van der Waals surface area (Å²) < 4.78 is 12.5. The number of nitrogens with zero attached hydrogens (tertiary/aromatic N) is 1. The molecule has 1 aliphatic heterocycles. The van der Waals surface area contributed by atoms with E-state index in [2.05, 4.69) is 37.5 Å². The topological polar surface area (TPSA) is 59.2 Å². The summed E-state index contributed by atoms with van der Waals surface area (Å²) in [6.45, 7) is 2.85. The molecule has 2 N–H and O–H groups in total. The Morgan fingerprint density at radius 2 is 2.15 bits per heavy atom. The molecule has 3 rings (SSSR count). The summed E-state index contributed by atoms with van der Waals surface area (Å²) in [5.74, 6) is 1.70. The molecule has 1 aliphatic rings. The number of rotatable bonds is 4. The van der Waals surface area contributed by atoms with Crippen molar-refractivity contribution < 1.29 is 9.47 Å². The molecule has 2 heterocycles. The third-order valence-corrected chi connectivity index (χ3v) is 3.82. The van der Waals surface area contributed by atoms with Gasteiger partial charge in [-0.2, -0.15) is 5.10 Å². The molecular weight excluding hydrogens is 322 g/mol. The Labute approximate surface area is 125 Å². The van der Waals surface area contributed by atoms with Gasteiger partial charge in [0, 0.05) is 25.1 Å². The van der Waals surface area contributed by atoms with Crippen molar-refractivity contribution in [3.05, 3.63) is 40.1 Å². The minimum Gasteiger partial charge on any atom is -0.490 e. The number of aromatic nitrogens is 2. The third kappa shape index (κ3) is 2.96. The second-order valence-electron chi connectivity index (χ2n) is 4.59. The number of para-hydroxylation sites is 1. The lowest BCUT2D eigenvalue weighted by atomic mass is 10.2. The maximum Gasteiger partial charge on any atom is 0.165 e. The Morgan fingerprint density at radius 3 is 3.00 bits per heavy atom. The van der Waals surface area contributed by atoms with Crippen LogP contribution < -0.4 is 14.8 Å². The number of H-pyrrole nitrogens is 1. The lowest BCUT2D eigenvalue weighted by Gasteiger charge is -2.12. The minimum atomic E-state index is 0.704. The summed E-state index contributed by atoms with van der Waals surface area (Å²) in [6, 6.07) is 6.01. The number of ether oxygens (including phenoxy) is 2. The van der Waals surface area contributed by atoms with E-state index in [1.165, 1.54) is 0 Å². The lowest BCUT2D eigenvalue weighted by Crippen LogP contribution is -2.14. The van der Waals surface area contributed by atoms with Gasteiger partial charge < -0.3 is 14.8 Å². The van der Waals surface area contributed by atoms with Crippen molar-refractivity contribution in [2.75, 3.05) is 13.2 Å². The van der Waals surface area contributed by atoms with E-state index < -0.39 is 0 Å². The first-order valence-corrected chi connectivity index (χ1v) is 7.40. The highest BCUT2D eigenvalue weighted by Crippen LogP contribution is 2.33. The molecule has 6 heteroatoms. The molecule has 2 aromatic rings. The van der Waals surface area contributed by atoms with Gasteiger partial charge >= 0.3 is 0 Å². The number of hydrogen-bond acceptors (Lipinski definition) is 4. The summed E-state index contributed by atoms with van der Waals surface area (Å²) in [4.78, 5) is 0. The van der Waals surface area contributed by atoms with Crippen molar-refractivity contribution in [3.63, 3.8) is 0 Å². The molecule has 1 aromatic heterocycles. The molecule has 0 amide bonds. The maximum atomic E-state index is 5.80. The van der Waals surface area contributed by atoms with Crippen LogP contribution in [0.25, 0.3) is 0 Å². The quantitative estimate of drug-likeness (QED) is 0.900. The summed E-state index contributed by atoms with van der Waals surface area (Å²) in [7, 11) is 0. The molecule has 1 aromatic carbocycles. The molecule has 0 unspecified atom stereocenters. The second-order valence-corrected chi connectivity index (χ2v) is 5.45. The Morgan fingerprint density at radius 1 is 1.25 bits per heavy atom. The van der Waals surface area contributed by atoms with E-state index in [-0.39, 0.29) is 0 Å². The molecule has 0 atom stereocenters. The molecule has 0 spiro atoms. The van der Waals surface area contributed by atoms with E-state index >= 15 is 0 Å². The first kappa shape index (κ1) is 13.5. The van der Waals surface area contributed by atoms with Gasteiger partial charge in [-0.05, 0) is 22.0 Å². The van der Waals surface area contributed by atoms with Crippen LogP contribution in [0.5, 0.6) is 11.5 Å². The normalized spacial score (nSPS) is 14.1. The monoisotopic (exact) mass is 337 g/mol. The van der Waals surface area contributed by atoms with E-state index in [0.29, 0.717) is 19.8 Å². The largest absolute Gasteiger partial charge is 0.490 e. The highest BCUT2D eigenvalue weighted by Gasteiger charge is 2.14. The van der Waals surface area contributed by atoms with Crippen LogP contribution in [0, 0.1) is 0 Å². The Bertz CT molecular complexity index is 586. The molecular formula is C14H16BrN3O2. The molecule has 0 bridgehead atoms. The third-order valence-electron chi connectivity index (χ3n) is 3.14. The highest BCUT2D eigenvalue weighted by molar-refractivity contribution is 9.10. The fourth-order valence-electron chi connectivity index (χ4n) is 2.14. The van der Waals surface area contributed by atoms with Crippen LogP contribution in [0.15, 0.2) is 28.9 Å². The summed E-state index contributed by atoms with van der Waals surface area (Å²) in [5, 5.41) is 10.3. The van der Waals surface area contributed by atoms with E-state index in [0.717, 1.165) is 40.2 Å². The average molecular weight is 338 g/mol. The fourth-order valence-corrected chi connectivity index (χ4v) is 2.47. The first-order chi connectivity index (χ1) is 9.84. The Balaban J connectivity index is 1.67. The van der Waals surface area contributed by atoms with Crippen LogP contribution >= 0.6 is 15.9 Å². The average Bonchev–Trinajstić information content (AvgIpc) is 2.73. The van der Waals surface area contributed by atoms with E-state index in [1.54, 1.807) is 6.20 Å². The number of benzene rings is 1. The van der Waals surface area contributed by atoms with Crippen molar-refractivity contribution in [2.45, 2.75) is 19.5 Å². The van der Waals surface area contributed by atoms with Crippen LogP contribution in [0.3, 0.4) is 0 Å². The Kier molecular flexibility index (Phi) is 4.22. The van der Waals surface area contributed by atoms with Gasteiger partial charge in [-0.1, -0.05) is 12.1 Å². The van der Waals surface area contributed by atoms with Crippen LogP contribution in [0.2, 0.25) is 0 Å². The van der Waals surface area contributed by atoms with Crippen molar-refractivity contribution in [1.29, 1.82) is 0 Å². The zero-order chi connectivity index (χ0) is 13.8. The minimum absolute atomic E-state index is 0.704. The van der Waals surface area contributed by atoms with Crippen LogP contribution in [-0.2, 0) is 13.1 Å². The molecule has 0 saturated carbocycles. The summed E-state index contributed by atoms with van der Waals surface area (Å²) in [5.41, 5.74) is 2.14. The Hall–Kier alpha value is -1.53. The fraction of sp³-hybridized carbons (Fsp3) is 0.357. The molecule has 0 aliphatic carbocycles. The number of aromatic amines is 1. The number of fused-ring (bicyclic) bond motifs is 1. The van der Waals surface area contributed by atoms with E-state index in [1.807, 2.05) is 12.1 Å². The van der Waals surface area contributed by atoms with Crippen molar-refractivity contribution in [2.24, 2.45) is 0 Å². The SMILES string of the molecule is Brc1cn[nH]c1CNCc1cccc2c1OCCCO2. The van der Waals surface area contributed by atoms with Gasteiger partial charge in [-0.3, -0.25) is 5.10 Å². The second kappa shape index (κ2) is 6.28. The molecule has 0 saturated heterocycles. The first-order valence-electron chi connectivity index (χ1n) is 6.60. The van der Waals surface area contributed by atoms with E-state index in [9.17, 15) is 0 Å². The highest BCUT2D eigenvalue weighted by atomic mass is 79.9. The van der Waals surface area contributed by atoms with Gasteiger partial charge in [0.15, 0.2) is 11.5 Å². The zero-order valence-electron chi connectivity index (χ0n) is 11.0. The standard InChI is InChI=1S/C14H16BrN3O2/c15-11-8-17-18-12(11)9-16-7-10-3-1-4-13-14(10)20-6-2-5-19-13/h1,3-4,8,16H,2,5-7,9H2,(H,17,18). The molecule has 20 heavy (non-hydrogen) atoms. The van der Waals surface area contributed by atoms with Gasteiger partial charge in [0.05, 0.1) is 29.6 Å². The van der Waals surface area contributed by atoms with Crippen LogP contribution in [0.1, 0.15) is 17.7 Å². The molecule has 0 radical (unpaired) electrons. The predicted molar refractivity (Wildman–Crippen MR) is 78.9 cm³/mol.